The normalized spacial score (nSPS) is 14.8. The van der Waals surface area contributed by atoms with Gasteiger partial charge in [-0.15, -0.1) is 0 Å². The molecule has 5 nitrogen and oxygen atoms in total. The molecule has 7 heteroatoms. The van der Waals surface area contributed by atoms with Crippen molar-refractivity contribution in [1.29, 1.82) is 0 Å². The molecule has 0 aliphatic heterocycles. The highest BCUT2D eigenvalue weighted by molar-refractivity contribution is 5.89. The molecule has 148 valence electrons. The van der Waals surface area contributed by atoms with E-state index in [4.69, 9.17) is 9.84 Å². The molecule has 0 aromatic heterocycles. The third-order valence-electron chi connectivity index (χ3n) is 5.07. The van der Waals surface area contributed by atoms with Crippen LogP contribution in [0.25, 0.3) is 0 Å². The van der Waals surface area contributed by atoms with Crippen molar-refractivity contribution < 1.29 is 28.2 Å². The number of carbonyl (C=O) groups is 2. The first-order chi connectivity index (χ1) is 13.4. The van der Waals surface area contributed by atoms with Gasteiger partial charge in [0.2, 0.25) is 5.91 Å². The highest BCUT2D eigenvalue weighted by Crippen LogP contribution is 2.45. The molecule has 0 bridgehead atoms. The van der Waals surface area contributed by atoms with Crippen LogP contribution in [0.5, 0.6) is 5.75 Å². The summed E-state index contributed by atoms with van der Waals surface area (Å²) in [7, 11) is 0. The molecular formula is C21H21F2NO4. The van der Waals surface area contributed by atoms with E-state index in [1.54, 1.807) is 24.3 Å². The summed E-state index contributed by atoms with van der Waals surface area (Å²) in [6, 6.07) is 10.5. The Morgan fingerprint density at radius 3 is 2.25 bits per heavy atom. The van der Waals surface area contributed by atoms with Crippen LogP contribution in [0.3, 0.4) is 0 Å². The molecule has 0 saturated heterocycles. The van der Waals surface area contributed by atoms with Crippen LogP contribution in [0.2, 0.25) is 0 Å². The first-order valence-electron chi connectivity index (χ1n) is 9.09. The molecule has 0 unspecified atom stereocenters. The van der Waals surface area contributed by atoms with Crippen molar-refractivity contribution in [2.75, 3.05) is 13.2 Å². The Hall–Kier alpha value is -2.96. The molecule has 1 fully saturated rings. The van der Waals surface area contributed by atoms with Crippen molar-refractivity contribution in [2.45, 2.75) is 31.1 Å². The van der Waals surface area contributed by atoms with Gasteiger partial charge in [-0.1, -0.05) is 24.6 Å². The standard InChI is InChI=1S/C21H21F2NO4/c22-16-3-1-4-17(23)19(16)21(10-2-11-21)20(27)24-12-9-14-5-7-15(8-6-14)28-13-18(25)26/h1,3-8H,2,9-13H2,(H,24,27)(H,25,26). The van der Waals surface area contributed by atoms with Crippen LogP contribution in [0.4, 0.5) is 8.78 Å². The van der Waals surface area contributed by atoms with Gasteiger partial charge >= 0.3 is 5.97 Å². The number of aliphatic carboxylic acids is 1. The molecule has 3 rings (SSSR count). The minimum Gasteiger partial charge on any atom is -0.482 e. The highest BCUT2D eigenvalue weighted by atomic mass is 19.1. The van der Waals surface area contributed by atoms with Crippen molar-refractivity contribution in [3.63, 3.8) is 0 Å². The maximum atomic E-state index is 14.2. The van der Waals surface area contributed by atoms with Crippen molar-refractivity contribution >= 4 is 11.9 Å². The zero-order valence-corrected chi connectivity index (χ0v) is 15.2. The summed E-state index contributed by atoms with van der Waals surface area (Å²) in [5, 5.41) is 11.4. The van der Waals surface area contributed by atoms with Crippen LogP contribution in [0, 0.1) is 11.6 Å². The summed E-state index contributed by atoms with van der Waals surface area (Å²) in [4.78, 5) is 23.2. The van der Waals surface area contributed by atoms with E-state index >= 15 is 0 Å². The third-order valence-corrected chi connectivity index (χ3v) is 5.07. The Kier molecular flexibility index (Phi) is 5.92. The predicted octanol–water partition coefficient (Wildman–Crippen LogP) is 3.21. The fourth-order valence-electron chi connectivity index (χ4n) is 3.46. The minimum atomic E-state index is -1.13. The van der Waals surface area contributed by atoms with Gasteiger partial charge in [-0.25, -0.2) is 13.6 Å². The molecule has 1 aliphatic rings. The number of carboxylic acids is 1. The van der Waals surface area contributed by atoms with Crippen LogP contribution in [-0.2, 0) is 21.4 Å². The second-order valence-corrected chi connectivity index (χ2v) is 6.86. The molecule has 0 heterocycles. The van der Waals surface area contributed by atoms with Gasteiger partial charge in [-0.2, -0.15) is 0 Å². The Labute approximate surface area is 161 Å². The maximum absolute atomic E-state index is 14.2. The second kappa shape index (κ2) is 8.37. The number of halogens is 2. The van der Waals surface area contributed by atoms with E-state index in [0.717, 1.165) is 12.0 Å². The van der Waals surface area contributed by atoms with Crippen molar-refractivity contribution in [2.24, 2.45) is 0 Å². The average Bonchev–Trinajstić information content (AvgIpc) is 2.62. The van der Waals surface area contributed by atoms with Gasteiger partial charge in [0.15, 0.2) is 6.61 Å². The largest absolute Gasteiger partial charge is 0.482 e. The van der Waals surface area contributed by atoms with E-state index < -0.39 is 29.6 Å². The molecule has 1 aliphatic carbocycles. The smallest absolute Gasteiger partial charge is 0.341 e. The Morgan fingerprint density at radius 2 is 1.71 bits per heavy atom. The summed E-state index contributed by atoms with van der Waals surface area (Å²) in [6.45, 7) is -0.0872. The van der Waals surface area contributed by atoms with E-state index in [1.165, 1.54) is 18.2 Å². The van der Waals surface area contributed by atoms with Gasteiger partial charge in [0.05, 0.1) is 5.41 Å². The summed E-state index contributed by atoms with van der Waals surface area (Å²) >= 11 is 0. The highest BCUT2D eigenvalue weighted by Gasteiger charge is 2.48. The SMILES string of the molecule is O=C(O)COc1ccc(CCNC(=O)C2(c3c(F)cccc3F)CCC2)cc1. The zero-order chi connectivity index (χ0) is 20.1. The lowest BCUT2D eigenvalue weighted by molar-refractivity contribution is -0.139. The lowest BCUT2D eigenvalue weighted by Gasteiger charge is -2.40. The molecule has 1 amide bonds. The van der Waals surface area contributed by atoms with Crippen LogP contribution in [0.1, 0.15) is 30.4 Å². The molecule has 0 spiro atoms. The number of nitrogens with one attached hydrogen (secondary N) is 1. The van der Waals surface area contributed by atoms with Gasteiger partial charge < -0.3 is 15.2 Å². The average molecular weight is 389 g/mol. The molecule has 28 heavy (non-hydrogen) atoms. The van der Waals surface area contributed by atoms with E-state index in [1.807, 2.05) is 0 Å². The minimum absolute atomic E-state index is 0.140. The topological polar surface area (TPSA) is 75.6 Å². The zero-order valence-electron chi connectivity index (χ0n) is 15.2. The van der Waals surface area contributed by atoms with Crippen LogP contribution in [-0.4, -0.2) is 30.1 Å². The quantitative estimate of drug-likeness (QED) is 0.727. The lowest BCUT2D eigenvalue weighted by Crippen LogP contribution is -2.50. The number of carboxylic acid groups (broad SMARTS) is 1. The molecule has 0 radical (unpaired) electrons. The first-order valence-corrected chi connectivity index (χ1v) is 9.09. The van der Waals surface area contributed by atoms with Gasteiger partial charge in [0.1, 0.15) is 17.4 Å². The first kappa shape index (κ1) is 19.8. The van der Waals surface area contributed by atoms with Crippen LogP contribution < -0.4 is 10.1 Å². The fourth-order valence-corrected chi connectivity index (χ4v) is 3.46. The van der Waals surface area contributed by atoms with Crippen LogP contribution >= 0.6 is 0 Å². The Balaban J connectivity index is 1.58. The van der Waals surface area contributed by atoms with Gasteiger partial charge in [0.25, 0.3) is 0 Å². The van der Waals surface area contributed by atoms with Gasteiger partial charge in [-0.05, 0) is 49.1 Å². The number of hydrogen-bond acceptors (Lipinski definition) is 3. The van der Waals surface area contributed by atoms with Crippen molar-refractivity contribution in [3.05, 3.63) is 65.2 Å². The molecular weight excluding hydrogens is 368 g/mol. The van der Waals surface area contributed by atoms with Gasteiger partial charge in [0, 0.05) is 12.1 Å². The fraction of sp³-hybridized carbons (Fsp3) is 0.333. The summed E-state index contributed by atoms with van der Waals surface area (Å²) in [5.74, 6) is -2.34. The van der Waals surface area contributed by atoms with E-state index in [0.29, 0.717) is 31.6 Å². The van der Waals surface area contributed by atoms with Crippen molar-refractivity contribution in [1.82, 2.24) is 5.32 Å². The summed E-state index contributed by atoms with van der Waals surface area (Å²) in [5.41, 5.74) is -0.356. The number of carbonyl (C=O) groups excluding carboxylic acids is 1. The number of rotatable bonds is 8. The Morgan fingerprint density at radius 1 is 1.07 bits per heavy atom. The van der Waals surface area contributed by atoms with Gasteiger partial charge in [-0.3, -0.25) is 4.79 Å². The lowest BCUT2D eigenvalue weighted by atomic mass is 9.63. The molecule has 2 N–H and O–H groups in total. The van der Waals surface area contributed by atoms with E-state index in [-0.39, 0.29) is 11.5 Å². The predicted molar refractivity (Wildman–Crippen MR) is 98.2 cm³/mol. The molecule has 2 aromatic carbocycles. The summed E-state index contributed by atoms with van der Waals surface area (Å²) in [6.07, 6.45) is 2.12. The number of amides is 1. The Bertz CT molecular complexity index is 843. The van der Waals surface area contributed by atoms with Crippen molar-refractivity contribution in [3.8, 4) is 5.75 Å². The number of ether oxygens (including phenoxy) is 1. The molecule has 1 saturated carbocycles. The van der Waals surface area contributed by atoms with E-state index in [2.05, 4.69) is 5.32 Å². The molecule has 2 aromatic rings. The third kappa shape index (κ3) is 4.13. The van der Waals surface area contributed by atoms with Crippen LogP contribution in [0.15, 0.2) is 42.5 Å². The number of benzene rings is 2. The maximum Gasteiger partial charge on any atom is 0.341 e. The number of hydrogen-bond donors (Lipinski definition) is 2. The second-order valence-electron chi connectivity index (χ2n) is 6.86. The molecule has 0 atom stereocenters. The van der Waals surface area contributed by atoms with E-state index in [9.17, 15) is 18.4 Å². The monoisotopic (exact) mass is 389 g/mol. The summed E-state index contributed by atoms with van der Waals surface area (Å²) < 4.78 is 33.5.